The number of unbranched alkanes of at least 4 members (excludes halogenated alkanes) is 14. The number of likely N-dealkylation sites (tertiary alicyclic amines) is 2. The van der Waals surface area contributed by atoms with Crippen molar-refractivity contribution in [1.29, 1.82) is 0 Å². The number of aromatic amines is 1. The quantitative estimate of drug-likeness (QED) is 0.0175. The first-order valence-corrected chi connectivity index (χ1v) is 53.7. The molecule has 3 aliphatic heterocycles. The summed E-state index contributed by atoms with van der Waals surface area (Å²) in [7, 11) is 1.51. The number of nitrogens with one attached hydrogen (secondary N) is 4. The Morgan fingerprint density at radius 1 is 0.570 bits per heavy atom. The zero-order chi connectivity index (χ0) is 107. The van der Waals surface area contributed by atoms with Crippen LogP contribution in [0.3, 0.4) is 0 Å². The van der Waals surface area contributed by atoms with E-state index < -0.39 is 47.2 Å². The summed E-state index contributed by atoms with van der Waals surface area (Å²) in [6, 6.07) is 20.5. The highest BCUT2D eigenvalue weighted by Gasteiger charge is 2.40. The van der Waals surface area contributed by atoms with E-state index in [-0.39, 0.29) is 129 Å². The number of carboxylic acid groups (broad SMARTS) is 1. The summed E-state index contributed by atoms with van der Waals surface area (Å²) in [5.41, 5.74) is 4.36. The number of H-pyrrole nitrogens is 1. The van der Waals surface area contributed by atoms with Crippen molar-refractivity contribution in [2.75, 3.05) is 241 Å². The van der Waals surface area contributed by atoms with Gasteiger partial charge < -0.3 is 107 Å². The Hall–Kier alpha value is -10.5. The molecule has 826 valence electrons. The number of methoxy groups -OCH3 is 1. The molecule has 4 aromatic carbocycles. The van der Waals surface area contributed by atoms with Gasteiger partial charge in [-0.1, -0.05) is 121 Å². The minimum absolute atomic E-state index is 0.000791. The molecular weight excluding hydrogens is 1930 g/mol. The number of imide groups is 1. The number of benzene rings is 4. The Morgan fingerprint density at radius 3 is 1.63 bits per heavy atom. The number of Topliss-reactive ketones (excluding diaryl/α,β-unsaturated/α-hetero) is 1. The molecule has 36 nitrogen and oxygen atoms in total. The largest absolute Gasteiger partial charge is 0.495 e. The summed E-state index contributed by atoms with van der Waals surface area (Å²) >= 11 is 0. The molecule has 1 spiro atoms. The SMILES string of the molecule is CCCCCCCCCCCN(C(=O)CCCCCCCCCC(=O)O)C(CCC(=O)NCCOCCOCCOCCOCCOCCOCCOCCOCCOCCOCCOCCOCCC(=O)N(CC)CC(=O)OC(C)(C)c1ccc(C(=O)Nc2cc(F)cc(-c3ncnc4[nH]c(-c5ccc(CCN6CCC7(CC6)CCN(C(=O)c6ccc(OC)c(N8CCC(=O)NC8=O)c6)CC7)cc5)cc34)c2C)c(F)c1)C(C)=O. The number of anilines is 2. The smallest absolute Gasteiger partial charge is 0.328 e. The van der Waals surface area contributed by atoms with Gasteiger partial charge in [0.1, 0.15) is 41.5 Å². The van der Waals surface area contributed by atoms with E-state index in [0.717, 1.165) is 133 Å². The van der Waals surface area contributed by atoms with Crippen molar-refractivity contribution in [2.24, 2.45) is 5.41 Å². The topological polar surface area (TPSA) is 414 Å². The third kappa shape index (κ3) is 44.4. The number of hydrogen-bond donors (Lipinski definition) is 5. The fraction of sp³-hybridized carbons (Fsp3) is 0.640. The molecule has 0 radical (unpaired) electrons. The Morgan fingerprint density at radius 2 is 1.10 bits per heavy atom. The Balaban J connectivity index is 0.522. The van der Waals surface area contributed by atoms with E-state index in [1.807, 2.05) is 11.0 Å². The van der Waals surface area contributed by atoms with E-state index in [9.17, 15) is 47.9 Å². The number of likely N-dealkylation sites (N-methyl/N-ethyl adjacent to an activating group) is 1. The molecule has 3 saturated heterocycles. The third-order valence-corrected chi connectivity index (χ3v) is 27.1. The van der Waals surface area contributed by atoms with Crippen LogP contribution in [0.4, 0.5) is 25.0 Å². The third-order valence-electron chi connectivity index (χ3n) is 27.1. The Kier molecular flexibility index (Phi) is 56.7. The zero-order valence-electron chi connectivity index (χ0n) is 88.9. The zero-order valence-corrected chi connectivity index (χ0v) is 88.9. The summed E-state index contributed by atoms with van der Waals surface area (Å²) < 4.78 is 110. The maximum atomic E-state index is 16.1. The van der Waals surface area contributed by atoms with Crippen LogP contribution in [0.5, 0.6) is 5.75 Å². The van der Waals surface area contributed by atoms with Gasteiger partial charge in [0.2, 0.25) is 23.6 Å². The molecule has 2 aromatic heterocycles. The molecule has 5 heterocycles. The number of urea groups is 1. The van der Waals surface area contributed by atoms with Gasteiger partial charge >= 0.3 is 18.0 Å². The highest BCUT2D eigenvalue weighted by Crippen LogP contribution is 2.43. The van der Waals surface area contributed by atoms with Crippen molar-refractivity contribution in [2.45, 2.75) is 227 Å². The number of rotatable bonds is 79. The van der Waals surface area contributed by atoms with Crippen molar-refractivity contribution in [3.05, 3.63) is 125 Å². The van der Waals surface area contributed by atoms with Crippen molar-refractivity contribution < 1.29 is 128 Å². The van der Waals surface area contributed by atoms with Crippen molar-refractivity contribution in [1.82, 2.24) is 45.2 Å². The van der Waals surface area contributed by atoms with Gasteiger partial charge in [0, 0.05) is 99.4 Å². The van der Waals surface area contributed by atoms with Crippen LogP contribution in [0.2, 0.25) is 0 Å². The predicted molar refractivity (Wildman–Crippen MR) is 560 cm³/mol. The Bertz CT molecular complexity index is 5030. The molecule has 8 amide bonds. The summed E-state index contributed by atoms with van der Waals surface area (Å²) in [6.45, 7) is 24.1. The van der Waals surface area contributed by atoms with Crippen molar-refractivity contribution in [3.8, 4) is 28.3 Å². The van der Waals surface area contributed by atoms with E-state index in [4.69, 9.17) is 71.4 Å². The number of halogens is 2. The van der Waals surface area contributed by atoms with Crippen LogP contribution in [0.1, 0.15) is 239 Å². The average Bonchev–Trinajstić information content (AvgIpc) is 1.68. The molecule has 3 fully saturated rings. The summed E-state index contributed by atoms with van der Waals surface area (Å²) in [6.07, 6.45) is 23.8. The Labute approximate surface area is 876 Å². The number of amides is 8. The van der Waals surface area contributed by atoms with Crippen LogP contribution in [0.25, 0.3) is 33.5 Å². The first kappa shape index (κ1) is 122. The monoisotopic (exact) mass is 2090 g/mol. The van der Waals surface area contributed by atoms with Gasteiger partial charge in [0.25, 0.3) is 11.8 Å². The average molecular weight is 2090 g/mol. The first-order valence-electron chi connectivity index (χ1n) is 53.7. The number of ketones is 1. The van der Waals surface area contributed by atoms with Crippen LogP contribution in [-0.2, 0) is 107 Å². The molecule has 0 saturated carbocycles. The molecule has 9 rings (SSSR count). The first-order chi connectivity index (χ1) is 72.3. The van der Waals surface area contributed by atoms with E-state index in [2.05, 4.69) is 67.0 Å². The number of fused-ring (bicyclic) bond motifs is 1. The lowest BCUT2D eigenvalue weighted by Gasteiger charge is -2.47. The van der Waals surface area contributed by atoms with E-state index in [0.29, 0.717) is 223 Å². The molecule has 149 heavy (non-hydrogen) atoms. The number of aliphatic carboxylic acids is 1. The number of piperidine rings is 2. The van der Waals surface area contributed by atoms with Crippen LogP contribution < -0.4 is 25.6 Å². The predicted octanol–water partition coefficient (Wildman–Crippen LogP) is 15.2. The molecular formula is C111H163F2N11O25. The minimum atomic E-state index is -1.39. The second kappa shape index (κ2) is 69.2. The summed E-state index contributed by atoms with van der Waals surface area (Å²) in [5, 5.41) is 17.4. The van der Waals surface area contributed by atoms with Crippen LogP contribution in [-0.4, -0.2) is 336 Å². The summed E-state index contributed by atoms with van der Waals surface area (Å²) in [4.78, 5) is 150. The van der Waals surface area contributed by atoms with Crippen LogP contribution in [0.15, 0.2) is 85.2 Å². The molecule has 1 unspecified atom stereocenters. The number of nitrogens with zero attached hydrogens (tertiary/aromatic N) is 7. The molecule has 3 aliphatic rings. The standard InChI is InChI=1S/C111H163F2N11O25/c1-8-10-11-12-13-14-18-21-24-45-123(102(129)25-22-19-16-15-17-20-23-26-103(130)131)96(84(4)125)34-36-99(126)114-44-53-138-55-57-140-59-61-142-63-65-144-67-69-146-71-73-148-75-74-147-72-70-145-68-66-143-64-62-141-60-58-139-56-54-137-52-39-101(128)121(9-2)81-104(132)149-110(5,6)88-32-33-90(93(113)77-88)107(133)118-94-79-89(112)78-91(83(94)3)105-92-80-95(117-106(92)116-82-115-105)86-29-27-85(28-30-86)37-46-120-48-40-111(41-49-120)42-50-122(51-43-111)108(134)87-31-35-98(136-7)97(76-87)124-47-38-100(127)119-109(124)135/h27-33,35,76-80,82,96H,8-26,34,36-75,81H2,1-7H3,(H,114,126)(H,118,133)(H,130,131)(H,115,116,117)(H,119,127,135). The van der Waals surface area contributed by atoms with E-state index in [1.54, 1.807) is 50.8 Å². The normalized spacial score (nSPS) is 14.0. The number of esters is 1. The lowest BCUT2D eigenvalue weighted by molar-refractivity contribution is -0.161. The second-order valence-corrected chi connectivity index (χ2v) is 38.5. The lowest BCUT2D eigenvalue weighted by atomic mass is 9.71. The van der Waals surface area contributed by atoms with Crippen molar-refractivity contribution >= 4 is 81.6 Å². The van der Waals surface area contributed by atoms with Gasteiger partial charge in [-0.25, -0.2) is 23.5 Å². The van der Waals surface area contributed by atoms with Gasteiger partial charge in [0.05, 0.1) is 195 Å². The molecule has 1 atom stereocenters. The van der Waals surface area contributed by atoms with Gasteiger partial charge in [0.15, 0.2) is 5.78 Å². The fourth-order valence-electron chi connectivity index (χ4n) is 18.3. The highest BCUT2D eigenvalue weighted by molar-refractivity contribution is 6.08. The maximum absolute atomic E-state index is 16.1. The molecule has 0 bridgehead atoms. The van der Waals surface area contributed by atoms with Gasteiger partial charge in [-0.2, -0.15) is 0 Å². The second-order valence-electron chi connectivity index (χ2n) is 38.5. The van der Waals surface area contributed by atoms with Gasteiger partial charge in [-0.05, 0) is 182 Å². The lowest BCUT2D eigenvalue weighted by Crippen LogP contribution is -2.50. The minimum Gasteiger partial charge on any atom is -0.495 e. The van der Waals surface area contributed by atoms with E-state index >= 15 is 8.78 Å². The van der Waals surface area contributed by atoms with E-state index in [1.165, 1.54) is 92.4 Å². The maximum Gasteiger partial charge on any atom is 0.328 e. The number of carboxylic acids is 1. The van der Waals surface area contributed by atoms with Gasteiger partial charge in [-0.15, -0.1) is 0 Å². The molecule has 0 aliphatic carbocycles. The fourth-order valence-corrected chi connectivity index (χ4v) is 18.3. The number of carbonyl (C=O) groups excluding carboxylic acids is 9. The summed E-state index contributed by atoms with van der Waals surface area (Å²) in [5.74, 6) is -4.58. The van der Waals surface area contributed by atoms with Crippen LogP contribution >= 0.6 is 0 Å². The number of ether oxygens (including phenoxy) is 14. The van der Waals surface area contributed by atoms with Crippen molar-refractivity contribution in [3.63, 3.8) is 0 Å². The number of aromatic nitrogens is 3. The highest BCUT2D eigenvalue weighted by atomic mass is 19.1. The van der Waals surface area contributed by atoms with Gasteiger partial charge in [-0.3, -0.25) is 53.4 Å². The number of carbonyl (C=O) groups is 10. The molecule has 5 N–H and O–H groups in total. The molecule has 38 heteroatoms. The van der Waals surface area contributed by atoms with Crippen LogP contribution in [0, 0.1) is 24.0 Å². The number of hydrogen-bond acceptors (Lipinski definition) is 27. The molecule has 6 aromatic rings.